The number of aromatic nitrogens is 1. The number of hydrogen-bond donors (Lipinski definition) is 1. The van der Waals surface area contributed by atoms with Crippen LogP contribution in [0.3, 0.4) is 0 Å². The van der Waals surface area contributed by atoms with Gasteiger partial charge in [-0.25, -0.2) is 9.78 Å². The minimum Gasteiger partial charge on any atom is -0.477 e. The lowest BCUT2D eigenvalue weighted by molar-refractivity contribution is 0.0690. The average Bonchev–Trinajstić information content (AvgIpc) is 2.54. The zero-order valence-corrected chi connectivity index (χ0v) is 13.9. The van der Waals surface area contributed by atoms with Crippen LogP contribution in [-0.2, 0) is 5.41 Å². The van der Waals surface area contributed by atoms with Gasteiger partial charge >= 0.3 is 5.97 Å². The molecule has 4 nitrogen and oxygen atoms in total. The summed E-state index contributed by atoms with van der Waals surface area (Å²) < 4.78 is 5.89. The fourth-order valence-corrected chi connectivity index (χ4v) is 2.46. The standard InChI is InChI=1S/C20H19NO3/c1-20(2,3)15-5-8-16(9-6-15)24-17-7-4-13-11-18(19(22)23)21-12-14(13)10-17/h4-12H,1-3H3,(H,22,23). The van der Waals surface area contributed by atoms with Gasteiger partial charge in [-0.05, 0) is 46.7 Å². The van der Waals surface area contributed by atoms with Gasteiger partial charge in [0, 0.05) is 11.6 Å². The number of ether oxygens (including phenoxy) is 1. The van der Waals surface area contributed by atoms with Crippen molar-refractivity contribution in [3.05, 3.63) is 66.0 Å². The average molecular weight is 321 g/mol. The summed E-state index contributed by atoms with van der Waals surface area (Å²) in [7, 11) is 0. The fourth-order valence-electron chi connectivity index (χ4n) is 2.46. The molecule has 0 amide bonds. The van der Waals surface area contributed by atoms with E-state index in [4.69, 9.17) is 9.84 Å². The van der Waals surface area contributed by atoms with E-state index in [1.54, 1.807) is 12.3 Å². The number of benzene rings is 2. The summed E-state index contributed by atoms with van der Waals surface area (Å²) in [6.07, 6.45) is 1.55. The van der Waals surface area contributed by atoms with Crippen LogP contribution in [0.5, 0.6) is 11.5 Å². The molecule has 2 aromatic carbocycles. The van der Waals surface area contributed by atoms with Crippen molar-refractivity contribution in [3.8, 4) is 11.5 Å². The summed E-state index contributed by atoms with van der Waals surface area (Å²) >= 11 is 0. The third-order valence-corrected chi connectivity index (χ3v) is 3.87. The number of aromatic carboxylic acids is 1. The molecule has 0 saturated carbocycles. The predicted octanol–water partition coefficient (Wildman–Crippen LogP) is 5.02. The molecule has 0 unspecified atom stereocenters. The molecule has 1 heterocycles. The van der Waals surface area contributed by atoms with Crippen LogP contribution >= 0.6 is 0 Å². The molecule has 0 aliphatic heterocycles. The van der Waals surface area contributed by atoms with E-state index < -0.39 is 5.97 Å². The van der Waals surface area contributed by atoms with Gasteiger partial charge in [0.1, 0.15) is 17.2 Å². The molecule has 4 heteroatoms. The van der Waals surface area contributed by atoms with Crippen molar-refractivity contribution >= 4 is 16.7 Å². The van der Waals surface area contributed by atoms with E-state index in [0.29, 0.717) is 5.75 Å². The molecule has 0 aliphatic rings. The second-order valence-electron chi connectivity index (χ2n) is 6.76. The van der Waals surface area contributed by atoms with E-state index in [9.17, 15) is 4.79 Å². The van der Waals surface area contributed by atoms with Gasteiger partial charge in [0.25, 0.3) is 0 Å². The lowest BCUT2D eigenvalue weighted by Gasteiger charge is -2.19. The summed E-state index contributed by atoms with van der Waals surface area (Å²) in [4.78, 5) is 14.9. The van der Waals surface area contributed by atoms with Gasteiger partial charge in [-0.1, -0.05) is 39.0 Å². The molecule has 0 atom stereocenters. The quantitative estimate of drug-likeness (QED) is 0.735. The predicted molar refractivity (Wildman–Crippen MR) is 93.9 cm³/mol. The second kappa shape index (κ2) is 5.96. The largest absolute Gasteiger partial charge is 0.477 e. The number of rotatable bonds is 3. The Bertz CT molecular complexity index is 893. The van der Waals surface area contributed by atoms with Gasteiger partial charge < -0.3 is 9.84 Å². The minimum absolute atomic E-state index is 0.0361. The zero-order chi connectivity index (χ0) is 17.3. The highest BCUT2D eigenvalue weighted by molar-refractivity contribution is 5.92. The Labute approximate surface area is 140 Å². The summed E-state index contributed by atoms with van der Waals surface area (Å²) in [5.41, 5.74) is 1.39. The molecular weight excluding hydrogens is 302 g/mol. The van der Waals surface area contributed by atoms with Crippen LogP contribution in [0.4, 0.5) is 0 Å². The van der Waals surface area contributed by atoms with Crippen LogP contribution in [0, 0.1) is 0 Å². The second-order valence-corrected chi connectivity index (χ2v) is 6.76. The first-order valence-electron chi connectivity index (χ1n) is 7.74. The summed E-state index contributed by atoms with van der Waals surface area (Å²) in [6, 6.07) is 15.1. The molecule has 0 saturated heterocycles. The Morgan fingerprint density at radius 1 is 0.958 bits per heavy atom. The first-order valence-corrected chi connectivity index (χ1v) is 7.74. The van der Waals surface area contributed by atoms with Gasteiger partial charge in [0.15, 0.2) is 0 Å². The maximum absolute atomic E-state index is 11.0. The van der Waals surface area contributed by atoms with Gasteiger partial charge in [0.2, 0.25) is 0 Å². The molecule has 3 rings (SSSR count). The van der Waals surface area contributed by atoms with E-state index in [1.807, 2.05) is 30.3 Å². The molecule has 0 radical (unpaired) electrons. The van der Waals surface area contributed by atoms with E-state index in [0.717, 1.165) is 16.5 Å². The lowest BCUT2D eigenvalue weighted by atomic mass is 9.87. The molecule has 1 N–H and O–H groups in total. The van der Waals surface area contributed by atoms with Gasteiger partial charge in [-0.15, -0.1) is 0 Å². The fraction of sp³-hybridized carbons (Fsp3) is 0.200. The normalized spacial score (nSPS) is 11.5. The van der Waals surface area contributed by atoms with Crippen molar-refractivity contribution in [2.45, 2.75) is 26.2 Å². The zero-order valence-electron chi connectivity index (χ0n) is 13.9. The lowest BCUT2D eigenvalue weighted by Crippen LogP contribution is -2.10. The Hall–Kier alpha value is -2.88. The number of hydrogen-bond acceptors (Lipinski definition) is 3. The highest BCUT2D eigenvalue weighted by Crippen LogP contribution is 2.28. The van der Waals surface area contributed by atoms with E-state index in [1.165, 1.54) is 5.56 Å². The van der Waals surface area contributed by atoms with Crippen molar-refractivity contribution in [2.24, 2.45) is 0 Å². The third-order valence-electron chi connectivity index (χ3n) is 3.87. The smallest absolute Gasteiger partial charge is 0.354 e. The molecule has 0 spiro atoms. The van der Waals surface area contributed by atoms with Crippen LogP contribution in [-0.4, -0.2) is 16.1 Å². The van der Waals surface area contributed by atoms with Crippen molar-refractivity contribution in [2.75, 3.05) is 0 Å². The molecule has 1 aromatic heterocycles. The monoisotopic (exact) mass is 321 g/mol. The number of pyridine rings is 1. The topological polar surface area (TPSA) is 59.4 Å². The molecule has 0 aliphatic carbocycles. The highest BCUT2D eigenvalue weighted by Gasteiger charge is 2.13. The Balaban J connectivity index is 1.85. The molecule has 3 aromatic rings. The maximum Gasteiger partial charge on any atom is 0.354 e. The van der Waals surface area contributed by atoms with Crippen LogP contribution < -0.4 is 4.74 Å². The maximum atomic E-state index is 11.0. The number of fused-ring (bicyclic) bond motifs is 1. The Morgan fingerprint density at radius 2 is 1.62 bits per heavy atom. The van der Waals surface area contributed by atoms with Crippen LogP contribution in [0.2, 0.25) is 0 Å². The number of carbonyl (C=O) groups is 1. The molecule has 0 fully saturated rings. The molecule has 0 bridgehead atoms. The SMILES string of the molecule is CC(C)(C)c1ccc(Oc2ccc3cc(C(=O)O)ncc3c2)cc1. The highest BCUT2D eigenvalue weighted by atomic mass is 16.5. The van der Waals surface area contributed by atoms with Crippen LogP contribution in [0.25, 0.3) is 10.8 Å². The van der Waals surface area contributed by atoms with Crippen molar-refractivity contribution in [3.63, 3.8) is 0 Å². The minimum atomic E-state index is -1.03. The number of nitrogens with zero attached hydrogens (tertiary/aromatic N) is 1. The first kappa shape index (κ1) is 16.0. The number of carboxylic acids is 1. The van der Waals surface area contributed by atoms with Crippen LogP contribution in [0.1, 0.15) is 36.8 Å². The number of carboxylic acid groups (broad SMARTS) is 1. The van der Waals surface area contributed by atoms with Gasteiger partial charge in [0.05, 0.1) is 0 Å². The molecular formula is C20H19NO3. The van der Waals surface area contributed by atoms with Gasteiger partial charge in [-0.3, -0.25) is 0 Å². The summed E-state index contributed by atoms with van der Waals surface area (Å²) in [5.74, 6) is 0.421. The van der Waals surface area contributed by atoms with E-state index in [-0.39, 0.29) is 11.1 Å². The van der Waals surface area contributed by atoms with Gasteiger partial charge in [-0.2, -0.15) is 0 Å². The van der Waals surface area contributed by atoms with Crippen molar-refractivity contribution < 1.29 is 14.6 Å². The van der Waals surface area contributed by atoms with E-state index in [2.05, 4.69) is 37.9 Å². The Kier molecular flexibility index (Phi) is 3.97. The summed E-state index contributed by atoms with van der Waals surface area (Å²) in [5, 5.41) is 10.6. The third kappa shape index (κ3) is 3.38. The summed E-state index contributed by atoms with van der Waals surface area (Å²) in [6.45, 7) is 6.51. The van der Waals surface area contributed by atoms with Crippen LogP contribution in [0.15, 0.2) is 54.7 Å². The van der Waals surface area contributed by atoms with Crippen molar-refractivity contribution in [1.29, 1.82) is 0 Å². The van der Waals surface area contributed by atoms with Crippen molar-refractivity contribution in [1.82, 2.24) is 4.98 Å². The first-order chi connectivity index (χ1) is 11.3. The Morgan fingerprint density at radius 3 is 2.25 bits per heavy atom. The van der Waals surface area contributed by atoms with E-state index >= 15 is 0 Å². The molecule has 24 heavy (non-hydrogen) atoms. The molecule has 122 valence electrons.